The summed E-state index contributed by atoms with van der Waals surface area (Å²) in [6.45, 7) is 1.65. The Morgan fingerprint density at radius 3 is 2.24 bits per heavy atom. The van der Waals surface area contributed by atoms with E-state index < -0.39 is 17.8 Å². The van der Waals surface area contributed by atoms with Crippen molar-refractivity contribution in [2.45, 2.75) is 6.92 Å². The third-order valence-corrected chi connectivity index (χ3v) is 5.24. The zero-order valence-corrected chi connectivity index (χ0v) is 19.6. The van der Waals surface area contributed by atoms with Gasteiger partial charge in [-0.2, -0.15) is 5.10 Å². The molecule has 0 unspecified atom stereocenters. The standard InChI is InChI=1S/C24H19Cl2N3O5/c1-14(28-29-23(31)22(30)27-17-8-11-20(25)21(26)13-17)15-6-9-18(10-7-15)34-24(32)16-4-3-5-19(12-16)33-2/h3-13H,1-2H3,(H,27,30)(H,29,31)/b28-14+. The first-order valence-electron chi connectivity index (χ1n) is 9.84. The van der Waals surface area contributed by atoms with Crippen LogP contribution in [-0.2, 0) is 9.59 Å². The number of methoxy groups -OCH3 is 1. The van der Waals surface area contributed by atoms with Crippen LogP contribution < -0.4 is 20.2 Å². The molecule has 0 heterocycles. The molecule has 0 saturated carbocycles. The highest BCUT2D eigenvalue weighted by Gasteiger charge is 2.14. The fourth-order valence-electron chi connectivity index (χ4n) is 2.69. The minimum absolute atomic E-state index is 0.242. The van der Waals surface area contributed by atoms with Crippen molar-refractivity contribution < 1.29 is 23.9 Å². The summed E-state index contributed by atoms with van der Waals surface area (Å²) in [6.07, 6.45) is 0. The summed E-state index contributed by atoms with van der Waals surface area (Å²) in [5.41, 5.74) is 3.93. The number of nitrogens with one attached hydrogen (secondary N) is 2. The van der Waals surface area contributed by atoms with Crippen LogP contribution in [0.25, 0.3) is 0 Å². The summed E-state index contributed by atoms with van der Waals surface area (Å²) >= 11 is 11.7. The molecule has 3 aromatic rings. The molecular formula is C24H19Cl2N3O5. The topological polar surface area (TPSA) is 106 Å². The van der Waals surface area contributed by atoms with Crippen molar-refractivity contribution in [3.63, 3.8) is 0 Å². The summed E-state index contributed by atoms with van der Waals surface area (Å²) in [5, 5.41) is 6.90. The summed E-state index contributed by atoms with van der Waals surface area (Å²) < 4.78 is 10.5. The van der Waals surface area contributed by atoms with E-state index in [1.54, 1.807) is 55.5 Å². The SMILES string of the molecule is COc1cccc(C(=O)Oc2ccc(/C(C)=N/NC(=O)C(=O)Nc3ccc(Cl)c(Cl)c3)cc2)c1. The molecule has 10 heteroatoms. The molecular weight excluding hydrogens is 481 g/mol. The number of esters is 1. The zero-order chi connectivity index (χ0) is 24.7. The summed E-state index contributed by atoms with van der Waals surface area (Å²) in [5.74, 6) is -1.54. The van der Waals surface area contributed by atoms with Gasteiger partial charge in [0, 0.05) is 5.69 Å². The van der Waals surface area contributed by atoms with Gasteiger partial charge in [-0.25, -0.2) is 10.2 Å². The molecule has 3 rings (SSSR count). The second kappa shape index (κ2) is 11.3. The molecule has 0 radical (unpaired) electrons. The Labute approximate surface area is 205 Å². The molecule has 174 valence electrons. The van der Waals surface area contributed by atoms with Crippen molar-refractivity contribution in [2.24, 2.45) is 5.10 Å². The van der Waals surface area contributed by atoms with Gasteiger partial charge in [-0.3, -0.25) is 9.59 Å². The molecule has 2 N–H and O–H groups in total. The average Bonchev–Trinajstić information content (AvgIpc) is 2.85. The Balaban J connectivity index is 1.57. The Morgan fingerprint density at radius 1 is 0.824 bits per heavy atom. The third-order valence-electron chi connectivity index (χ3n) is 4.50. The van der Waals surface area contributed by atoms with E-state index in [9.17, 15) is 14.4 Å². The van der Waals surface area contributed by atoms with Crippen molar-refractivity contribution in [3.05, 3.63) is 87.9 Å². The van der Waals surface area contributed by atoms with Gasteiger partial charge in [0.05, 0.1) is 28.4 Å². The average molecular weight is 500 g/mol. The fraction of sp³-hybridized carbons (Fsp3) is 0.0833. The molecule has 0 spiro atoms. The van der Waals surface area contributed by atoms with Gasteiger partial charge in [-0.15, -0.1) is 0 Å². The molecule has 0 aliphatic rings. The van der Waals surface area contributed by atoms with E-state index >= 15 is 0 Å². The summed E-state index contributed by atoms with van der Waals surface area (Å²) in [4.78, 5) is 36.4. The number of hydrogen-bond donors (Lipinski definition) is 2. The highest BCUT2D eigenvalue weighted by atomic mass is 35.5. The monoisotopic (exact) mass is 499 g/mol. The van der Waals surface area contributed by atoms with E-state index in [4.69, 9.17) is 32.7 Å². The van der Waals surface area contributed by atoms with Crippen LogP contribution in [0.4, 0.5) is 5.69 Å². The van der Waals surface area contributed by atoms with Gasteiger partial charge in [0.1, 0.15) is 11.5 Å². The minimum Gasteiger partial charge on any atom is -0.497 e. The summed E-state index contributed by atoms with van der Waals surface area (Å²) in [7, 11) is 1.51. The predicted molar refractivity (Wildman–Crippen MR) is 130 cm³/mol. The Kier molecular flexibility index (Phi) is 8.24. The number of hydrogen-bond acceptors (Lipinski definition) is 6. The fourth-order valence-corrected chi connectivity index (χ4v) is 2.99. The smallest absolute Gasteiger partial charge is 0.343 e. The normalized spacial score (nSPS) is 10.9. The lowest BCUT2D eigenvalue weighted by molar-refractivity contribution is -0.136. The second-order valence-electron chi connectivity index (χ2n) is 6.87. The van der Waals surface area contributed by atoms with E-state index in [2.05, 4.69) is 15.8 Å². The quantitative estimate of drug-likeness (QED) is 0.168. The lowest BCUT2D eigenvalue weighted by Crippen LogP contribution is -2.32. The second-order valence-corrected chi connectivity index (χ2v) is 7.68. The maximum Gasteiger partial charge on any atom is 0.343 e. The van der Waals surface area contributed by atoms with Gasteiger partial charge < -0.3 is 14.8 Å². The number of carbonyl (C=O) groups excluding carboxylic acids is 3. The van der Waals surface area contributed by atoms with Crippen LogP contribution in [0.3, 0.4) is 0 Å². The van der Waals surface area contributed by atoms with E-state index in [0.29, 0.717) is 39.0 Å². The minimum atomic E-state index is -0.964. The van der Waals surface area contributed by atoms with Gasteiger partial charge in [-0.1, -0.05) is 29.3 Å². The van der Waals surface area contributed by atoms with Gasteiger partial charge in [0.2, 0.25) is 0 Å². The Hall–Kier alpha value is -3.88. The van der Waals surface area contributed by atoms with Crippen LogP contribution in [0.5, 0.6) is 11.5 Å². The number of benzene rings is 3. The first kappa shape index (κ1) is 24.8. The third kappa shape index (κ3) is 6.57. The number of nitrogens with zero attached hydrogens (tertiary/aromatic N) is 1. The van der Waals surface area contributed by atoms with Crippen LogP contribution in [0.1, 0.15) is 22.8 Å². The number of hydrazone groups is 1. The molecule has 0 aliphatic heterocycles. The number of carbonyl (C=O) groups is 3. The number of anilines is 1. The number of ether oxygens (including phenoxy) is 2. The highest BCUT2D eigenvalue weighted by Crippen LogP contribution is 2.25. The number of rotatable bonds is 6. The van der Waals surface area contributed by atoms with Crippen LogP contribution in [-0.4, -0.2) is 30.6 Å². The van der Waals surface area contributed by atoms with Crippen molar-refractivity contribution in [1.29, 1.82) is 0 Å². The summed E-state index contributed by atoms with van der Waals surface area (Å²) in [6, 6.07) is 17.5. The molecule has 0 aromatic heterocycles. The Morgan fingerprint density at radius 2 is 1.56 bits per heavy atom. The molecule has 0 saturated heterocycles. The van der Waals surface area contributed by atoms with Crippen molar-refractivity contribution in [3.8, 4) is 11.5 Å². The number of halogens is 2. The molecule has 34 heavy (non-hydrogen) atoms. The first-order chi connectivity index (χ1) is 16.3. The van der Waals surface area contributed by atoms with Crippen molar-refractivity contribution in [1.82, 2.24) is 5.43 Å². The van der Waals surface area contributed by atoms with E-state index in [-0.39, 0.29) is 5.02 Å². The largest absolute Gasteiger partial charge is 0.497 e. The highest BCUT2D eigenvalue weighted by molar-refractivity contribution is 6.43. The number of amides is 2. The van der Waals surface area contributed by atoms with Gasteiger partial charge in [0.15, 0.2) is 0 Å². The molecule has 0 fully saturated rings. The van der Waals surface area contributed by atoms with Crippen molar-refractivity contribution >= 4 is 52.4 Å². The maximum absolute atomic E-state index is 12.3. The molecule has 2 amide bonds. The molecule has 3 aromatic carbocycles. The Bertz CT molecular complexity index is 1260. The van der Waals surface area contributed by atoms with Crippen LogP contribution in [0.2, 0.25) is 10.0 Å². The van der Waals surface area contributed by atoms with Crippen LogP contribution >= 0.6 is 23.2 Å². The molecule has 8 nitrogen and oxygen atoms in total. The molecule has 0 atom stereocenters. The van der Waals surface area contributed by atoms with Crippen LogP contribution in [0.15, 0.2) is 71.8 Å². The molecule has 0 bridgehead atoms. The van der Waals surface area contributed by atoms with E-state index in [1.165, 1.54) is 25.3 Å². The van der Waals surface area contributed by atoms with Gasteiger partial charge >= 0.3 is 17.8 Å². The van der Waals surface area contributed by atoms with Crippen molar-refractivity contribution in [2.75, 3.05) is 12.4 Å². The zero-order valence-electron chi connectivity index (χ0n) is 18.1. The molecule has 0 aliphatic carbocycles. The van der Waals surface area contributed by atoms with E-state index in [1.807, 2.05) is 0 Å². The predicted octanol–water partition coefficient (Wildman–Crippen LogP) is 4.70. The van der Waals surface area contributed by atoms with Gasteiger partial charge in [0.25, 0.3) is 0 Å². The van der Waals surface area contributed by atoms with Gasteiger partial charge in [-0.05, 0) is 73.2 Å². The lowest BCUT2D eigenvalue weighted by atomic mass is 10.1. The maximum atomic E-state index is 12.3. The van der Waals surface area contributed by atoms with E-state index in [0.717, 1.165) is 0 Å². The lowest BCUT2D eigenvalue weighted by Gasteiger charge is -2.08. The first-order valence-corrected chi connectivity index (χ1v) is 10.6. The van der Waals surface area contributed by atoms with Crippen LogP contribution in [0, 0.1) is 0 Å².